The molecule has 2 rings (SSSR count). The van der Waals surface area contributed by atoms with Gasteiger partial charge in [0.25, 0.3) is 0 Å². The Bertz CT molecular complexity index is 811. The number of carbonyl (C=O) groups is 2. The summed E-state index contributed by atoms with van der Waals surface area (Å²) in [6.45, 7) is 18.7. The lowest BCUT2D eigenvalue weighted by Gasteiger charge is -2.38. The van der Waals surface area contributed by atoms with Gasteiger partial charge in [0.1, 0.15) is 9.98 Å². The quantitative estimate of drug-likeness (QED) is 0.268. The zero-order chi connectivity index (χ0) is 29.0. The molecule has 2 N–H and O–H groups in total. The number of aliphatic hydroxyl groups is 2. The van der Waals surface area contributed by atoms with Crippen LogP contribution in [-0.4, -0.2) is 102 Å². The Morgan fingerprint density at radius 2 is 1.03 bits per heavy atom. The van der Waals surface area contributed by atoms with E-state index in [-0.39, 0.29) is 35.0 Å². The fourth-order valence-electron chi connectivity index (χ4n) is 5.26. The molecule has 0 aromatic heterocycles. The van der Waals surface area contributed by atoms with Crippen LogP contribution in [0, 0.1) is 10.8 Å². The van der Waals surface area contributed by atoms with E-state index in [1.54, 1.807) is 19.6 Å². The Balaban J connectivity index is 1.79. The number of nitrogens with zero attached hydrogens (tertiary/aromatic N) is 4. The van der Waals surface area contributed by atoms with Gasteiger partial charge in [-0.15, -0.1) is 0 Å². The number of urea groups is 2. The van der Waals surface area contributed by atoms with Crippen LogP contribution in [0.3, 0.4) is 0 Å². The van der Waals surface area contributed by atoms with Crippen molar-refractivity contribution >= 4 is 46.5 Å². The Morgan fingerprint density at radius 3 is 1.29 bits per heavy atom. The van der Waals surface area contributed by atoms with Crippen molar-refractivity contribution in [3.8, 4) is 0 Å². The summed E-state index contributed by atoms with van der Waals surface area (Å²) in [6.07, 6.45) is 2.69. The average molecular weight is 571 g/mol. The number of carbonyl (C=O) groups excluding carboxylic acids is 2. The zero-order valence-electron chi connectivity index (χ0n) is 24.7. The SMILES string of the molecule is CCN1CC(=S)N(C(C)C(C)(C)CCC(O)CCC(O)CCC(C)(C)C(C)N2C(=O)N(CC)CC2=S)C1=O. The van der Waals surface area contributed by atoms with Crippen molar-refractivity contribution in [2.75, 3.05) is 26.2 Å². The molecule has 0 aliphatic carbocycles. The Hall–Kier alpha value is -1.36. The van der Waals surface area contributed by atoms with E-state index >= 15 is 0 Å². The normalized spacial score (nSPS) is 20.6. The van der Waals surface area contributed by atoms with Gasteiger partial charge in [-0.3, -0.25) is 9.80 Å². The molecule has 2 fully saturated rings. The highest BCUT2D eigenvalue weighted by Gasteiger charge is 2.42. The molecule has 4 unspecified atom stereocenters. The van der Waals surface area contributed by atoms with Gasteiger partial charge in [0, 0.05) is 25.2 Å². The zero-order valence-corrected chi connectivity index (χ0v) is 26.3. The summed E-state index contributed by atoms with van der Waals surface area (Å²) in [5.74, 6) is 0. The van der Waals surface area contributed by atoms with Crippen LogP contribution in [0.5, 0.6) is 0 Å². The Labute approximate surface area is 240 Å². The van der Waals surface area contributed by atoms with Gasteiger partial charge < -0.3 is 20.0 Å². The first kappa shape index (κ1) is 32.8. The molecule has 0 saturated carbocycles. The van der Waals surface area contributed by atoms with Crippen LogP contribution in [0.15, 0.2) is 0 Å². The second kappa shape index (κ2) is 13.3. The fourth-order valence-corrected chi connectivity index (χ4v) is 6.04. The molecule has 38 heavy (non-hydrogen) atoms. The monoisotopic (exact) mass is 570 g/mol. The number of rotatable bonds is 15. The first-order chi connectivity index (χ1) is 17.6. The van der Waals surface area contributed by atoms with E-state index in [9.17, 15) is 19.8 Å². The first-order valence-corrected chi connectivity index (χ1v) is 15.0. The van der Waals surface area contributed by atoms with Gasteiger partial charge in [-0.1, -0.05) is 52.1 Å². The molecule has 0 radical (unpaired) electrons. The summed E-state index contributed by atoms with van der Waals surface area (Å²) in [4.78, 5) is 33.7. The van der Waals surface area contributed by atoms with Gasteiger partial charge in [0.05, 0.1) is 25.3 Å². The number of hydrogen-bond donors (Lipinski definition) is 2. The van der Waals surface area contributed by atoms with E-state index < -0.39 is 12.2 Å². The molecule has 0 bridgehead atoms. The van der Waals surface area contributed by atoms with Crippen LogP contribution < -0.4 is 0 Å². The van der Waals surface area contributed by atoms with E-state index in [4.69, 9.17) is 24.4 Å². The Morgan fingerprint density at radius 1 is 0.711 bits per heavy atom. The van der Waals surface area contributed by atoms with Crippen LogP contribution in [0.1, 0.15) is 93.9 Å². The third-order valence-electron chi connectivity index (χ3n) is 9.02. The minimum Gasteiger partial charge on any atom is -0.393 e. The lowest BCUT2D eigenvalue weighted by molar-refractivity contribution is 0.0744. The summed E-state index contributed by atoms with van der Waals surface area (Å²) < 4.78 is 0. The topological polar surface area (TPSA) is 87.6 Å². The molecule has 0 aromatic carbocycles. The summed E-state index contributed by atoms with van der Waals surface area (Å²) in [6, 6.07) is -0.197. The molecule has 2 heterocycles. The number of hydrogen-bond acceptors (Lipinski definition) is 6. The predicted octanol–water partition coefficient (Wildman–Crippen LogP) is 5.05. The summed E-state index contributed by atoms with van der Waals surface area (Å²) >= 11 is 11.0. The molecule has 10 heteroatoms. The maximum absolute atomic E-state index is 12.7. The van der Waals surface area contributed by atoms with Gasteiger partial charge in [-0.05, 0) is 77.0 Å². The largest absolute Gasteiger partial charge is 0.393 e. The van der Waals surface area contributed by atoms with E-state index in [0.717, 1.165) is 12.8 Å². The summed E-state index contributed by atoms with van der Waals surface area (Å²) in [5, 5.41) is 21.3. The van der Waals surface area contributed by atoms with Crippen molar-refractivity contribution < 1.29 is 19.8 Å². The smallest absolute Gasteiger partial charge is 0.325 e. The van der Waals surface area contributed by atoms with Crippen LogP contribution >= 0.6 is 24.4 Å². The molecule has 0 aromatic rings. The molecule has 4 amide bonds. The Kier molecular flexibility index (Phi) is 11.5. The molecule has 8 nitrogen and oxygen atoms in total. The standard InChI is InChI=1S/C28H50N4O4S2/c1-9-29-17-23(37)31(25(29)35)19(3)27(5,6)15-13-21(33)11-12-22(34)14-16-28(7,8)20(4)32-24(38)18-30(10-2)26(32)36/h19-22,33-34H,9-18H2,1-8H3. The molecular weight excluding hydrogens is 520 g/mol. The predicted molar refractivity (Wildman–Crippen MR) is 160 cm³/mol. The maximum atomic E-state index is 12.7. The minimum atomic E-state index is -0.518. The molecule has 0 spiro atoms. The van der Waals surface area contributed by atoms with Crippen molar-refractivity contribution in [2.45, 2.75) is 118 Å². The van der Waals surface area contributed by atoms with Gasteiger partial charge in [-0.2, -0.15) is 0 Å². The van der Waals surface area contributed by atoms with E-state index in [0.29, 0.717) is 61.8 Å². The fraction of sp³-hybridized carbons (Fsp3) is 0.857. The number of amides is 4. The van der Waals surface area contributed by atoms with Crippen LogP contribution in [0.25, 0.3) is 0 Å². The third kappa shape index (κ3) is 7.64. The van der Waals surface area contributed by atoms with Crippen molar-refractivity contribution in [3.05, 3.63) is 0 Å². The lowest BCUT2D eigenvalue weighted by Crippen LogP contribution is -2.47. The first-order valence-electron chi connectivity index (χ1n) is 14.1. The van der Waals surface area contributed by atoms with Crippen molar-refractivity contribution in [1.29, 1.82) is 0 Å². The van der Waals surface area contributed by atoms with E-state index in [2.05, 4.69) is 27.7 Å². The van der Waals surface area contributed by atoms with E-state index in [1.807, 2.05) is 27.7 Å². The lowest BCUT2D eigenvalue weighted by atomic mass is 9.78. The highest BCUT2D eigenvalue weighted by molar-refractivity contribution is 7.80. The third-order valence-corrected chi connectivity index (χ3v) is 9.67. The maximum Gasteiger partial charge on any atom is 0.325 e. The highest BCUT2D eigenvalue weighted by Crippen LogP contribution is 2.35. The van der Waals surface area contributed by atoms with Gasteiger partial charge in [0.15, 0.2) is 0 Å². The number of aliphatic hydroxyl groups excluding tert-OH is 2. The molecule has 4 atom stereocenters. The summed E-state index contributed by atoms with van der Waals surface area (Å²) in [7, 11) is 0. The average Bonchev–Trinajstić information content (AvgIpc) is 3.31. The minimum absolute atomic E-state index is 0.0300. The number of thiocarbonyl (C=S) groups is 2. The van der Waals surface area contributed by atoms with Gasteiger partial charge >= 0.3 is 12.1 Å². The molecule has 2 saturated heterocycles. The van der Waals surface area contributed by atoms with Crippen LogP contribution in [0.2, 0.25) is 0 Å². The van der Waals surface area contributed by atoms with Gasteiger partial charge in [0.2, 0.25) is 0 Å². The van der Waals surface area contributed by atoms with Crippen LogP contribution in [0.4, 0.5) is 9.59 Å². The molecule has 2 aliphatic rings. The molecule has 2 aliphatic heterocycles. The number of likely N-dealkylation sites (N-methyl/N-ethyl adjacent to an activating group) is 2. The van der Waals surface area contributed by atoms with Crippen molar-refractivity contribution in [1.82, 2.24) is 19.6 Å². The second-order valence-corrected chi connectivity index (χ2v) is 13.4. The second-order valence-electron chi connectivity index (χ2n) is 12.4. The van der Waals surface area contributed by atoms with Crippen molar-refractivity contribution in [3.63, 3.8) is 0 Å². The van der Waals surface area contributed by atoms with Crippen molar-refractivity contribution in [2.24, 2.45) is 10.8 Å². The summed E-state index contributed by atoms with van der Waals surface area (Å²) in [5.41, 5.74) is -0.436. The van der Waals surface area contributed by atoms with E-state index in [1.165, 1.54) is 0 Å². The molecule has 218 valence electrons. The van der Waals surface area contributed by atoms with Crippen LogP contribution in [-0.2, 0) is 0 Å². The molecular formula is C28H50N4O4S2. The van der Waals surface area contributed by atoms with Gasteiger partial charge in [-0.25, -0.2) is 9.59 Å². The highest BCUT2D eigenvalue weighted by atomic mass is 32.1.